The van der Waals surface area contributed by atoms with Gasteiger partial charge >= 0.3 is 6.18 Å². The molecular weight excluding hydrogens is 575 g/mol. The highest BCUT2D eigenvalue weighted by atomic mass is 32.2. The molecule has 1 aromatic carbocycles. The quantitative estimate of drug-likeness (QED) is 0.492. The highest BCUT2D eigenvalue weighted by Gasteiger charge is 2.31. The molecule has 2 N–H and O–H groups in total. The van der Waals surface area contributed by atoms with E-state index in [2.05, 4.69) is 15.6 Å². The fraction of sp³-hybridized carbons (Fsp3) is 0.500. The number of nitrogens with one attached hydrogen (secondary N) is 2. The largest absolute Gasteiger partial charge is 0.416 e. The molecule has 228 valence electrons. The fourth-order valence-electron chi connectivity index (χ4n) is 5.30. The van der Waals surface area contributed by atoms with Gasteiger partial charge in [-0.05, 0) is 55.9 Å². The zero-order valence-electron chi connectivity index (χ0n) is 23.4. The maximum Gasteiger partial charge on any atom is 0.416 e. The standard InChI is InChI=1S/C28H34F3N5O5S/c1-18(37)36-10-4-7-22(17-36)33-25(38)13-19-8-11-35(12-9-19)26-24(15-23(16-32-26)42(2,40)41)34-27(39)20-5-3-6-21(14-20)28(29,30)31/h3,5-6,14-16,19,22H,4,7-13,17H2,1-2H3,(H,33,38)(H,34,39)/t22-/m1/s1. The summed E-state index contributed by atoms with van der Waals surface area (Å²) in [6.07, 6.45) is 0.777. The average Bonchev–Trinajstić information content (AvgIpc) is 2.92. The van der Waals surface area contributed by atoms with Crippen molar-refractivity contribution in [2.45, 2.75) is 56.1 Å². The van der Waals surface area contributed by atoms with Crippen LogP contribution >= 0.6 is 0 Å². The monoisotopic (exact) mass is 609 g/mol. The van der Waals surface area contributed by atoms with Gasteiger partial charge in [-0.15, -0.1) is 0 Å². The van der Waals surface area contributed by atoms with Gasteiger partial charge in [-0.3, -0.25) is 14.4 Å². The lowest BCUT2D eigenvalue weighted by molar-refractivity contribution is -0.137. The van der Waals surface area contributed by atoms with Crippen LogP contribution in [-0.2, 0) is 25.6 Å². The number of hydrogen-bond acceptors (Lipinski definition) is 7. The maximum atomic E-state index is 13.2. The lowest BCUT2D eigenvalue weighted by atomic mass is 9.92. The van der Waals surface area contributed by atoms with E-state index in [1.807, 2.05) is 4.90 Å². The van der Waals surface area contributed by atoms with Crippen LogP contribution in [0.3, 0.4) is 0 Å². The van der Waals surface area contributed by atoms with Gasteiger partial charge < -0.3 is 20.4 Å². The van der Waals surface area contributed by atoms with Crippen LogP contribution in [0.15, 0.2) is 41.4 Å². The Labute approximate surface area is 242 Å². The first-order valence-corrected chi connectivity index (χ1v) is 15.6. The van der Waals surface area contributed by atoms with Crippen LogP contribution in [0.2, 0.25) is 0 Å². The number of rotatable bonds is 7. The van der Waals surface area contributed by atoms with Gasteiger partial charge in [-0.25, -0.2) is 13.4 Å². The van der Waals surface area contributed by atoms with Crippen LogP contribution in [0.25, 0.3) is 0 Å². The Kier molecular flexibility index (Phi) is 9.43. The fourth-order valence-corrected chi connectivity index (χ4v) is 5.87. The number of piperidine rings is 2. The number of hydrogen-bond donors (Lipinski definition) is 2. The van der Waals surface area contributed by atoms with Gasteiger partial charge in [0.15, 0.2) is 15.7 Å². The van der Waals surface area contributed by atoms with Crippen LogP contribution in [0.1, 0.15) is 54.9 Å². The van der Waals surface area contributed by atoms with Crippen LogP contribution in [0, 0.1) is 5.92 Å². The predicted octanol–water partition coefficient (Wildman–Crippen LogP) is 3.49. The minimum atomic E-state index is -4.63. The number of amides is 3. The van der Waals surface area contributed by atoms with Crippen molar-refractivity contribution in [1.29, 1.82) is 0 Å². The van der Waals surface area contributed by atoms with E-state index in [1.165, 1.54) is 25.3 Å². The van der Waals surface area contributed by atoms with Crippen molar-refractivity contribution in [3.63, 3.8) is 0 Å². The summed E-state index contributed by atoms with van der Waals surface area (Å²) in [6.45, 7) is 3.66. The molecule has 0 radical (unpaired) electrons. The van der Waals surface area contributed by atoms with Crippen LogP contribution < -0.4 is 15.5 Å². The first kappa shape index (κ1) is 31.3. The van der Waals surface area contributed by atoms with Crippen molar-refractivity contribution in [3.8, 4) is 0 Å². The lowest BCUT2D eigenvalue weighted by Gasteiger charge is -2.35. The number of benzene rings is 1. The minimum absolute atomic E-state index is 0.00937. The summed E-state index contributed by atoms with van der Waals surface area (Å²) in [7, 11) is -3.69. The molecule has 0 unspecified atom stereocenters. The molecule has 2 saturated heterocycles. The van der Waals surface area contributed by atoms with E-state index in [1.54, 1.807) is 4.90 Å². The Bertz CT molecular complexity index is 1440. The molecule has 2 fully saturated rings. The van der Waals surface area contributed by atoms with E-state index in [0.717, 1.165) is 37.3 Å². The number of pyridine rings is 1. The number of alkyl halides is 3. The lowest BCUT2D eigenvalue weighted by Crippen LogP contribution is -2.49. The van der Waals surface area contributed by atoms with Gasteiger partial charge in [0.25, 0.3) is 5.91 Å². The topological polar surface area (TPSA) is 129 Å². The van der Waals surface area contributed by atoms with Gasteiger partial charge in [0.05, 0.1) is 16.1 Å². The highest BCUT2D eigenvalue weighted by molar-refractivity contribution is 7.90. The van der Waals surface area contributed by atoms with Crippen molar-refractivity contribution in [2.75, 3.05) is 42.7 Å². The molecule has 10 nitrogen and oxygen atoms in total. The minimum Gasteiger partial charge on any atom is -0.355 e. The summed E-state index contributed by atoms with van der Waals surface area (Å²) in [5.74, 6) is -0.546. The summed E-state index contributed by atoms with van der Waals surface area (Å²) in [5, 5.41) is 5.59. The van der Waals surface area contributed by atoms with Crippen molar-refractivity contribution < 1.29 is 36.0 Å². The molecule has 2 aliphatic rings. The van der Waals surface area contributed by atoms with Crippen LogP contribution in [0.5, 0.6) is 0 Å². The van der Waals surface area contributed by atoms with E-state index in [4.69, 9.17) is 0 Å². The molecule has 0 aliphatic carbocycles. The van der Waals surface area contributed by atoms with E-state index in [-0.39, 0.29) is 45.7 Å². The maximum absolute atomic E-state index is 13.2. The number of likely N-dealkylation sites (tertiary alicyclic amines) is 1. The molecule has 0 spiro atoms. The Hall–Kier alpha value is -3.68. The molecule has 3 heterocycles. The first-order chi connectivity index (χ1) is 19.7. The summed E-state index contributed by atoms with van der Waals surface area (Å²) >= 11 is 0. The van der Waals surface area contributed by atoms with Crippen LogP contribution in [-0.4, -0.2) is 74.5 Å². The second-order valence-corrected chi connectivity index (χ2v) is 12.9. The summed E-state index contributed by atoms with van der Waals surface area (Å²) in [6, 6.07) is 5.12. The molecule has 3 amide bonds. The SMILES string of the molecule is CC(=O)N1CCC[C@@H](NC(=O)CC2CCN(c3ncc(S(C)(=O)=O)cc3NC(=O)c3cccc(C(F)(F)F)c3)CC2)C1. The average molecular weight is 610 g/mol. The van der Waals surface area contributed by atoms with E-state index in [0.29, 0.717) is 45.4 Å². The summed E-state index contributed by atoms with van der Waals surface area (Å²) in [5.41, 5.74) is -1.16. The van der Waals surface area contributed by atoms with E-state index in [9.17, 15) is 36.0 Å². The van der Waals surface area contributed by atoms with Gasteiger partial charge in [-0.1, -0.05) is 6.07 Å². The Morgan fingerprint density at radius 3 is 2.43 bits per heavy atom. The normalized spacial score (nSPS) is 18.5. The molecule has 2 aliphatic heterocycles. The number of carbonyl (C=O) groups is 3. The first-order valence-electron chi connectivity index (χ1n) is 13.7. The van der Waals surface area contributed by atoms with Crippen molar-refractivity contribution in [2.24, 2.45) is 5.92 Å². The molecule has 1 atom stereocenters. The molecule has 4 rings (SSSR count). The highest BCUT2D eigenvalue weighted by Crippen LogP contribution is 2.32. The Balaban J connectivity index is 1.43. The van der Waals surface area contributed by atoms with Gasteiger partial charge in [0.2, 0.25) is 11.8 Å². The molecular formula is C28H34F3N5O5S. The third kappa shape index (κ3) is 7.99. The smallest absolute Gasteiger partial charge is 0.355 e. The third-order valence-corrected chi connectivity index (χ3v) is 8.67. The summed E-state index contributed by atoms with van der Waals surface area (Å²) < 4.78 is 63.9. The number of halogens is 3. The number of carbonyl (C=O) groups excluding carboxylic acids is 3. The van der Waals surface area contributed by atoms with Gasteiger partial charge in [0.1, 0.15) is 0 Å². The van der Waals surface area contributed by atoms with Gasteiger partial charge in [0, 0.05) is 63.6 Å². The zero-order valence-corrected chi connectivity index (χ0v) is 24.2. The molecule has 2 aromatic rings. The van der Waals surface area contributed by atoms with Crippen molar-refractivity contribution in [3.05, 3.63) is 47.7 Å². The Morgan fingerprint density at radius 1 is 1.07 bits per heavy atom. The van der Waals surface area contributed by atoms with Crippen molar-refractivity contribution >= 4 is 39.1 Å². The number of anilines is 2. The van der Waals surface area contributed by atoms with Crippen LogP contribution in [0.4, 0.5) is 24.7 Å². The van der Waals surface area contributed by atoms with Crippen molar-refractivity contribution in [1.82, 2.24) is 15.2 Å². The second-order valence-electron chi connectivity index (χ2n) is 10.9. The van der Waals surface area contributed by atoms with E-state index >= 15 is 0 Å². The molecule has 0 bridgehead atoms. The third-order valence-electron chi connectivity index (χ3n) is 7.59. The predicted molar refractivity (Wildman–Crippen MR) is 150 cm³/mol. The zero-order chi connectivity index (χ0) is 30.7. The Morgan fingerprint density at radius 2 is 1.79 bits per heavy atom. The van der Waals surface area contributed by atoms with E-state index < -0.39 is 27.5 Å². The summed E-state index contributed by atoms with van der Waals surface area (Å²) in [4.78, 5) is 45.1. The molecule has 1 aromatic heterocycles. The molecule has 0 saturated carbocycles. The second kappa shape index (κ2) is 12.7. The number of sulfone groups is 1. The number of nitrogens with zero attached hydrogens (tertiary/aromatic N) is 3. The molecule has 42 heavy (non-hydrogen) atoms. The van der Waals surface area contributed by atoms with Gasteiger partial charge in [-0.2, -0.15) is 13.2 Å². The number of aromatic nitrogens is 1. The molecule has 14 heteroatoms.